The summed E-state index contributed by atoms with van der Waals surface area (Å²) in [5.41, 5.74) is 5.94. The second kappa shape index (κ2) is 48.2. The minimum Gasteiger partial charge on any atom is -0.381 e. The van der Waals surface area contributed by atoms with Crippen molar-refractivity contribution in [3.8, 4) is 0 Å². The van der Waals surface area contributed by atoms with E-state index < -0.39 is 0 Å². The average Bonchev–Trinajstić information content (AvgIpc) is 1.66. The van der Waals surface area contributed by atoms with E-state index in [1.54, 1.807) is 32.1 Å². The Balaban J connectivity index is 0.000000132. The van der Waals surface area contributed by atoms with Crippen LogP contribution in [0.3, 0.4) is 0 Å². The van der Waals surface area contributed by atoms with Gasteiger partial charge in [-0.2, -0.15) is 0 Å². The lowest BCUT2D eigenvalue weighted by Crippen LogP contribution is -2.56. The van der Waals surface area contributed by atoms with Gasteiger partial charge in [-0.25, -0.2) is 0 Å². The van der Waals surface area contributed by atoms with Crippen LogP contribution in [-0.2, 0) is 14.2 Å². The summed E-state index contributed by atoms with van der Waals surface area (Å²) in [4.78, 5) is 18.5. The van der Waals surface area contributed by atoms with Gasteiger partial charge in [0.05, 0.1) is 24.4 Å². The van der Waals surface area contributed by atoms with Gasteiger partial charge in [0.15, 0.2) is 0 Å². The van der Waals surface area contributed by atoms with Crippen molar-refractivity contribution in [2.24, 2.45) is 173 Å². The first-order valence-electron chi connectivity index (χ1n) is 63.5. The summed E-state index contributed by atoms with van der Waals surface area (Å²) in [5.74, 6) is 20.9. The molecular formula is C134H251N7O3. The Morgan fingerprint density at radius 2 is 0.667 bits per heavy atom. The highest BCUT2D eigenvalue weighted by Gasteiger charge is 2.55. The predicted molar refractivity (Wildman–Crippen MR) is 621 cm³/mol. The van der Waals surface area contributed by atoms with E-state index in [1.165, 1.54) is 270 Å². The minimum atomic E-state index is 0.407. The topological polar surface area (TPSA) is 50.4 Å². The number of hydrogen-bond acceptors (Lipinski definition) is 10. The molecule has 24 bridgehead atoms. The Hall–Kier alpha value is -0.400. The van der Waals surface area contributed by atoms with E-state index in [-0.39, 0.29) is 0 Å². The van der Waals surface area contributed by atoms with Crippen LogP contribution in [0.2, 0.25) is 0 Å². The molecule has 0 aromatic rings. The molecule has 0 N–H and O–H groups in total. The van der Waals surface area contributed by atoms with E-state index in [0.717, 1.165) is 186 Å². The largest absolute Gasteiger partial charge is 0.381 e. The number of nitrogens with zero attached hydrogens (tertiary/aromatic N) is 7. The maximum Gasteiger partial charge on any atom is 0.0613 e. The van der Waals surface area contributed by atoms with Crippen molar-refractivity contribution in [2.75, 3.05) is 80.7 Å². The summed E-state index contributed by atoms with van der Waals surface area (Å²) in [6.45, 7) is 95.9. The third-order valence-electron chi connectivity index (χ3n) is 44.8. The lowest BCUT2D eigenvalue weighted by atomic mass is 9.62. The van der Waals surface area contributed by atoms with E-state index in [2.05, 4.69) is 312 Å². The van der Waals surface area contributed by atoms with Crippen LogP contribution in [0.4, 0.5) is 0 Å². The number of likely N-dealkylation sites (tertiary alicyclic amines) is 1. The van der Waals surface area contributed by atoms with Crippen molar-refractivity contribution >= 4 is 0 Å². The van der Waals surface area contributed by atoms with Crippen LogP contribution in [0.15, 0.2) is 0 Å². The zero-order chi connectivity index (χ0) is 106. The Morgan fingerprint density at radius 1 is 0.250 bits per heavy atom. The molecule has 18 heterocycles. The van der Waals surface area contributed by atoms with Crippen molar-refractivity contribution < 1.29 is 14.2 Å². The molecule has 25 unspecified atom stereocenters. The van der Waals surface area contributed by atoms with Gasteiger partial charge in [-0.3, -0.25) is 14.7 Å². The van der Waals surface area contributed by atoms with Crippen molar-refractivity contribution in [1.82, 2.24) is 34.3 Å². The van der Waals surface area contributed by atoms with E-state index in [0.29, 0.717) is 89.8 Å². The number of fused-ring (bicyclic) bond motifs is 26. The van der Waals surface area contributed by atoms with Crippen molar-refractivity contribution in [1.29, 1.82) is 0 Å². The van der Waals surface area contributed by atoms with Crippen LogP contribution in [-0.4, -0.2) is 204 Å². The summed E-state index contributed by atoms with van der Waals surface area (Å²) in [6.07, 6.45) is 62.0. The van der Waals surface area contributed by atoms with Gasteiger partial charge < -0.3 is 33.8 Å². The van der Waals surface area contributed by atoms with Gasteiger partial charge in [-0.1, -0.05) is 206 Å². The summed E-state index contributed by atoms with van der Waals surface area (Å²) >= 11 is 0. The SMILES string of the molecule is CC(C)(C)C1C2CCC1COC2.CC(C)(C)C1CC2CCC(C1)O2.CC(C)(C)C1CC2CCC1C2.CC(C)(C)C1CC2CCC1O2.CC(C)(C)CC1CC2CCC1C2.CC(C)(C)N1C2CCCC1CC2.CC(C)(C)N1CC2CC(C2)C1.CC(C)(C)N1CC2CCC1CC2.CN1C2CCC1C(C(C)(C)C)C2.CN1C2CCC1CC(C(C)(C)C)C2.CN1CC2CCC(C1)C2C(C)(C)C.CN1CC2CCC1CC2C(C)(C)C. The fraction of sp³-hybridized carbons (Fsp3) is 1.00. The van der Waals surface area contributed by atoms with Crippen LogP contribution in [0.25, 0.3) is 0 Å². The average molecular weight is 2010 g/mol. The first-order valence-corrected chi connectivity index (χ1v) is 63.5. The Bertz CT molecular complexity index is 3620. The van der Waals surface area contributed by atoms with Crippen LogP contribution in [0.1, 0.15) is 513 Å². The first-order chi connectivity index (χ1) is 66.5. The van der Waals surface area contributed by atoms with Gasteiger partial charge in [0.2, 0.25) is 0 Å². The third kappa shape index (κ3) is 32.3. The summed E-state index contributed by atoms with van der Waals surface area (Å²) in [7, 11) is 9.22. The Morgan fingerprint density at radius 3 is 0.993 bits per heavy atom. The number of piperidine rings is 9. The lowest BCUT2D eigenvalue weighted by molar-refractivity contribution is -0.0443. The van der Waals surface area contributed by atoms with Crippen molar-refractivity contribution in [3.63, 3.8) is 0 Å². The van der Waals surface area contributed by atoms with Gasteiger partial charge in [-0.15, -0.1) is 0 Å². The number of ether oxygens (including phenoxy) is 3. The fourth-order valence-electron chi connectivity index (χ4n) is 37.3. The van der Waals surface area contributed by atoms with Crippen molar-refractivity contribution in [2.45, 2.75) is 602 Å². The van der Waals surface area contributed by atoms with Crippen LogP contribution < -0.4 is 0 Å². The highest BCUT2D eigenvalue weighted by molar-refractivity contribution is 5.07. The van der Waals surface area contributed by atoms with Gasteiger partial charge >= 0.3 is 0 Å². The second-order valence-electron chi connectivity index (χ2n) is 68.2. The molecule has 10 nitrogen and oxygen atoms in total. The summed E-state index contributed by atoms with van der Waals surface area (Å²) < 4.78 is 17.2. The molecule has 25 atom stereocenters. The summed E-state index contributed by atoms with van der Waals surface area (Å²) in [6, 6.07) is 7.27. The molecule has 27 aliphatic rings. The van der Waals surface area contributed by atoms with Crippen LogP contribution >= 0.6 is 0 Å². The number of rotatable bonds is 1. The first kappa shape index (κ1) is 121. The molecule has 27 fully saturated rings. The highest BCUT2D eigenvalue weighted by atomic mass is 16.5. The molecular weight excluding hydrogens is 1760 g/mol. The normalized spacial score (nSPS) is 40.8. The molecule has 0 amide bonds. The molecule has 27 rings (SSSR count). The van der Waals surface area contributed by atoms with Crippen molar-refractivity contribution in [3.05, 3.63) is 0 Å². The predicted octanol–water partition coefficient (Wildman–Crippen LogP) is 34.0. The second-order valence-corrected chi connectivity index (χ2v) is 68.2. The molecule has 0 aromatic heterocycles. The zero-order valence-corrected chi connectivity index (χ0v) is 104. The molecule has 144 heavy (non-hydrogen) atoms. The zero-order valence-electron chi connectivity index (χ0n) is 104. The standard InChI is InChI=1S/3C12H23N.C12H22.3C11H21N.2C11H20O.C11H20.C10H19N.C10H18O/c1-12(2,3)9-7-10-5-6-11(8-9)13(10)4;1-12(2,3)11-7-10-6-5-9(11)8-13(10)4;1-12(2,3)11-9-5-6-10(11)8-13(4)7-9;1-12(2,3)8-11-7-9-4-5-10(11)6-9;1-11(2,3)9-7-8-5-6-10(9)12(8)4;1-11(2,3)12-8-9-4-6-10(12)7-5-9;1-11(2,3)12-9-5-4-6-10(12)8-7-9;1-11(2,3)8-6-9-4-5-10(7-8)12-9;1-11(2,3)10-8-4-5-9(10)7-12-6-8;1-11(2,3)10-7-8-4-5-9(10)6-8;1-10(2,3)11-6-8-4-9(5-8)7-11;1-10(2,3)8-6-7-4-5-9(8)11-7/h3*9-11H,5-8H2,1-4H3;9-11H,4-8H2,1-3H3;8-10H,5-7H2,1-4H3;2*9-10H,4-8H2,1-3H3;2*8-10H,4-7H2,1-3H3;8-10H,4-7H2,1-3H3;8-9H,4-7H2,1-3H3;7-9H,4-6H2,1-3H3. The molecule has 840 valence electrons. The fourth-order valence-corrected chi connectivity index (χ4v) is 37.3. The Labute approximate surface area is 898 Å². The smallest absolute Gasteiger partial charge is 0.0613 e. The van der Waals surface area contributed by atoms with E-state index in [4.69, 9.17) is 14.2 Å². The monoisotopic (exact) mass is 2010 g/mol. The van der Waals surface area contributed by atoms with Crippen LogP contribution in [0, 0.1) is 173 Å². The number of hydrogen-bond donors (Lipinski definition) is 0. The molecule has 0 aromatic carbocycles. The molecule has 9 aliphatic carbocycles. The van der Waals surface area contributed by atoms with Gasteiger partial charge in [-0.05, 0) is 508 Å². The van der Waals surface area contributed by atoms with E-state index >= 15 is 0 Å². The van der Waals surface area contributed by atoms with Gasteiger partial charge in [0.1, 0.15) is 0 Å². The molecule has 0 radical (unpaired) electrons. The summed E-state index contributed by atoms with van der Waals surface area (Å²) in [5, 5.41) is 0. The molecule has 10 heteroatoms. The van der Waals surface area contributed by atoms with E-state index in [1.807, 2.05) is 0 Å². The van der Waals surface area contributed by atoms with Gasteiger partial charge in [0, 0.05) is 117 Å². The highest BCUT2D eigenvalue weighted by Crippen LogP contribution is 2.59. The molecule has 18 saturated heterocycles. The third-order valence-corrected chi connectivity index (χ3v) is 44.8. The Kier molecular flexibility index (Phi) is 40.4. The van der Waals surface area contributed by atoms with E-state index in [9.17, 15) is 0 Å². The molecule has 9 saturated carbocycles. The maximum atomic E-state index is 5.82. The van der Waals surface area contributed by atoms with Gasteiger partial charge in [0.25, 0.3) is 0 Å². The molecule has 18 aliphatic heterocycles. The quantitative estimate of drug-likeness (QED) is 0.254. The lowest BCUT2D eigenvalue weighted by Gasteiger charge is -2.52. The minimum absolute atomic E-state index is 0.407. The maximum absolute atomic E-state index is 5.82. The molecule has 0 spiro atoms. The van der Waals surface area contributed by atoms with Crippen LogP contribution in [0.5, 0.6) is 0 Å².